The molecule has 8 nitrogen and oxygen atoms in total. The van der Waals surface area contributed by atoms with E-state index in [9.17, 15) is 24.0 Å². The number of carboxylic acids is 1. The smallest absolute Gasteiger partial charge is 0.362 e. The molecule has 140 valence electrons. The Labute approximate surface area is 161 Å². The number of aromatic nitrogens is 3. The molecule has 1 unspecified atom stereocenters. The topological polar surface area (TPSA) is 129 Å². The van der Waals surface area contributed by atoms with Gasteiger partial charge in [0.05, 0.1) is 17.7 Å². The minimum Gasteiger partial charge on any atom is -0.476 e. The van der Waals surface area contributed by atoms with Crippen LogP contribution in [0.1, 0.15) is 27.5 Å². The van der Waals surface area contributed by atoms with Crippen molar-refractivity contribution < 1.29 is 14.3 Å². The van der Waals surface area contributed by atoms with E-state index in [1.165, 1.54) is 42.5 Å². The second-order valence-electron chi connectivity index (χ2n) is 5.64. The second-order valence-corrected chi connectivity index (χ2v) is 6.05. The van der Waals surface area contributed by atoms with Gasteiger partial charge in [0.2, 0.25) is 5.69 Å². The Morgan fingerprint density at radius 2 is 1.93 bits per heavy atom. The van der Waals surface area contributed by atoms with Gasteiger partial charge in [-0.15, -0.1) is 0 Å². The van der Waals surface area contributed by atoms with Crippen LogP contribution in [0.5, 0.6) is 0 Å². The highest BCUT2D eigenvalue weighted by molar-refractivity contribution is 6.31. The summed E-state index contributed by atoms with van der Waals surface area (Å²) in [5, 5.41) is 22.1. The Kier molecular flexibility index (Phi) is 5.06. The van der Waals surface area contributed by atoms with Crippen molar-refractivity contribution in [3.63, 3.8) is 0 Å². The summed E-state index contributed by atoms with van der Waals surface area (Å²) >= 11 is 6.26. The van der Waals surface area contributed by atoms with Gasteiger partial charge in [0.15, 0.2) is 0 Å². The summed E-state index contributed by atoms with van der Waals surface area (Å²) in [5.74, 6) is -2.84. The van der Waals surface area contributed by atoms with E-state index < -0.39 is 34.6 Å². The predicted octanol–water partition coefficient (Wildman–Crippen LogP) is 2.07. The first-order valence-electron chi connectivity index (χ1n) is 7.73. The highest BCUT2D eigenvalue weighted by Gasteiger charge is 2.19. The fraction of sp³-hybridized carbons (Fsp3) is 0.0556. The first-order valence-corrected chi connectivity index (χ1v) is 8.11. The van der Waals surface area contributed by atoms with Gasteiger partial charge in [0.25, 0.3) is 5.56 Å². The minimum absolute atomic E-state index is 0.0910. The van der Waals surface area contributed by atoms with Crippen LogP contribution in [-0.4, -0.2) is 25.8 Å². The number of aromatic amines is 1. The number of nitrogens with one attached hydrogen (secondary N) is 1. The maximum Gasteiger partial charge on any atom is 0.362 e. The summed E-state index contributed by atoms with van der Waals surface area (Å²) < 4.78 is 13.8. The van der Waals surface area contributed by atoms with Crippen molar-refractivity contribution in [2.45, 2.75) is 5.92 Å². The maximum absolute atomic E-state index is 13.1. The molecule has 0 saturated heterocycles. The Morgan fingerprint density at radius 1 is 1.25 bits per heavy atom. The fourth-order valence-electron chi connectivity index (χ4n) is 2.58. The lowest BCUT2D eigenvalue weighted by molar-refractivity contribution is 0.0685. The van der Waals surface area contributed by atoms with Crippen molar-refractivity contribution in [1.82, 2.24) is 14.8 Å². The van der Waals surface area contributed by atoms with Crippen LogP contribution in [0.25, 0.3) is 5.69 Å². The van der Waals surface area contributed by atoms with Gasteiger partial charge in [-0.1, -0.05) is 29.8 Å². The zero-order valence-electron chi connectivity index (χ0n) is 13.9. The molecule has 0 bridgehead atoms. The number of H-pyrrole nitrogens is 1. The van der Waals surface area contributed by atoms with Crippen LogP contribution in [0, 0.1) is 17.1 Å². The van der Waals surface area contributed by atoms with Crippen molar-refractivity contribution in [2.24, 2.45) is 0 Å². The molecule has 2 aromatic carbocycles. The van der Waals surface area contributed by atoms with E-state index in [2.05, 4.69) is 11.2 Å². The van der Waals surface area contributed by atoms with E-state index in [1.807, 2.05) is 4.98 Å². The monoisotopic (exact) mass is 400 g/mol. The Hall–Kier alpha value is -3.77. The third-order valence-electron chi connectivity index (χ3n) is 3.90. The molecule has 10 heteroatoms. The van der Waals surface area contributed by atoms with Gasteiger partial charge >= 0.3 is 11.7 Å². The lowest BCUT2D eigenvalue weighted by atomic mass is 9.92. The average Bonchev–Trinajstić information content (AvgIpc) is 2.64. The van der Waals surface area contributed by atoms with Crippen LogP contribution in [0.2, 0.25) is 5.02 Å². The van der Waals surface area contributed by atoms with Gasteiger partial charge in [0.1, 0.15) is 5.82 Å². The van der Waals surface area contributed by atoms with Crippen LogP contribution in [0.15, 0.2) is 52.1 Å². The van der Waals surface area contributed by atoms with Crippen molar-refractivity contribution in [2.75, 3.05) is 0 Å². The zero-order chi connectivity index (χ0) is 20.4. The number of nitrogens with zero attached hydrogens (tertiary/aromatic N) is 3. The third-order valence-corrected chi connectivity index (χ3v) is 4.23. The van der Waals surface area contributed by atoms with E-state index in [1.54, 1.807) is 0 Å². The van der Waals surface area contributed by atoms with Gasteiger partial charge in [-0.2, -0.15) is 15.0 Å². The third kappa shape index (κ3) is 3.54. The average molecular weight is 401 g/mol. The quantitative estimate of drug-likeness (QED) is 0.689. The summed E-state index contributed by atoms with van der Waals surface area (Å²) in [5.41, 5.74) is -1.93. The Balaban J connectivity index is 2.08. The van der Waals surface area contributed by atoms with Crippen molar-refractivity contribution in [1.29, 1.82) is 5.26 Å². The number of carboxylic acid groups (broad SMARTS) is 1. The van der Waals surface area contributed by atoms with E-state index in [-0.39, 0.29) is 10.7 Å². The van der Waals surface area contributed by atoms with E-state index in [4.69, 9.17) is 16.7 Å². The molecule has 28 heavy (non-hydrogen) atoms. The van der Waals surface area contributed by atoms with Gasteiger partial charge < -0.3 is 5.11 Å². The lowest BCUT2D eigenvalue weighted by Gasteiger charge is -2.13. The molecule has 3 aromatic rings. The van der Waals surface area contributed by atoms with Crippen LogP contribution in [0.3, 0.4) is 0 Å². The molecule has 1 atom stereocenters. The van der Waals surface area contributed by atoms with E-state index in [0.717, 1.165) is 0 Å². The van der Waals surface area contributed by atoms with Crippen molar-refractivity contribution >= 4 is 17.6 Å². The summed E-state index contributed by atoms with van der Waals surface area (Å²) in [4.78, 5) is 36.4. The Bertz CT molecular complexity index is 1230. The lowest BCUT2D eigenvalue weighted by Crippen LogP contribution is -2.35. The second kappa shape index (κ2) is 7.46. The maximum atomic E-state index is 13.1. The summed E-state index contributed by atoms with van der Waals surface area (Å²) in [6.07, 6.45) is 0. The molecule has 0 aliphatic rings. The summed E-state index contributed by atoms with van der Waals surface area (Å²) in [6.45, 7) is 0. The van der Waals surface area contributed by atoms with E-state index in [0.29, 0.717) is 15.8 Å². The molecule has 1 aromatic heterocycles. The molecule has 0 aliphatic heterocycles. The number of hydrogen-bond acceptors (Lipinski definition) is 5. The van der Waals surface area contributed by atoms with Crippen LogP contribution in [0.4, 0.5) is 4.39 Å². The molecule has 1 heterocycles. The minimum atomic E-state index is -1.60. The number of halogens is 2. The normalized spacial score (nSPS) is 11.6. The molecule has 0 amide bonds. The number of rotatable bonds is 4. The molecule has 0 saturated carbocycles. The summed E-state index contributed by atoms with van der Waals surface area (Å²) in [6, 6.07) is 11.6. The number of aromatic carboxylic acids is 1. The SMILES string of the molecule is N#CC(c1ccc(F)cc1)c1ccc(-n2nc(C(=O)O)c(=O)[nH]c2=O)cc1Cl. The first kappa shape index (κ1) is 19.0. The number of hydrogen-bond donors (Lipinski definition) is 2. The number of nitriles is 1. The highest BCUT2D eigenvalue weighted by Crippen LogP contribution is 2.31. The fourth-order valence-corrected chi connectivity index (χ4v) is 2.86. The van der Waals surface area contributed by atoms with Gasteiger partial charge in [-0.05, 0) is 35.4 Å². The van der Waals surface area contributed by atoms with Gasteiger partial charge in [0, 0.05) is 5.02 Å². The Morgan fingerprint density at radius 3 is 2.50 bits per heavy atom. The van der Waals surface area contributed by atoms with Crippen LogP contribution in [-0.2, 0) is 0 Å². The standard InChI is InChI=1S/C18H10ClFN4O4/c19-14-7-11(24-18(28)22-16(25)15(23-24)17(26)27)5-6-12(14)13(8-21)9-1-3-10(20)4-2-9/h1-7,13H,(H,26,27)(H,22,25,28). The highest BCUT2D eigenvalue weighted by atomic mass is 35.5. The van der Waals surface area contributed by atoms with Crippen molar-refractivity contribution in [3.05, 3.63) is 91.0 Å². The first-order chi connectivity index (χ1) is 13.3. The van der Waals surface area contributed by atoms with Crippen LogP contribution >= 0.6 is 11.6 Å². The molecule has 0 aliphatic carbocycles. The van der Waals surface area contributed by atoms with E-state index >= 15 is 0 Å². The largest absolute Gasteiger partial charge is 0.476 e. The van der Waals surface area contributed by atoms with Crippen LogP contribution < -0.4 is 11.2 Å². The van der Waals surface area contributed by atoms with Gasteiger partial charge in [-0.25, -0.2) is 14.0 Å². The molecular formula is C18H10ClFN4O4. The number of benzene rings is 2. The molecule has 3 rings (SSSR count). The molecule has 2 N–H and O–H groups in total. The molecule has 0 radical (unpaired) electrons. The summed E-state index contributed by atoms with van der Waals surface area (Å²) in [7, 11) is 0. The molecular weight excluding hydrogens is 391 g/mol. The molecule has 0 spiro atoms. The van der Waals surface area contributed by atoms with Gasteiger partial charge in [-0.3, -0.25) is 9.78 Å². The van der Waals surface area contributed by atoms with Crippen molar-refractivity contribution in [3.8, 4) is 11.8 Å². The molecule has 0 fully saturated rings. The predicted molar refractivity (Wildman–Crippen MR) is 96.3 cm³/mol. The zero-order valence-corrected chi connectivity index (χ0v) is 14.6. The number of carbonyl (C=O) groups is 1.